The van der Waals surface area contributed by atoms with E-state index < -0.39 is 15.8 Å². The van der Waals surface area contributed by atoms with Crippen molar-refractivity contribution in [1.29, 1.82) is 0 Å². The lowest BCUT2D eigenvalue weighted by Gasteiger charge is -2.10. The average molecular weight is 507 g/mol. The molecule has 4 aromatic rings. The van der Waals surface area contributed by atoms with Crippen LogP contribution in [-0.2, 0) is 21.5 Å². The van der Waals surface area contributed by atoms with Gasteiger partial charge in [0.1, 0.15) is 5.82 Å². The van der Waals surface area contributed by atoms with Crippen molar-refractivity contribution in [1.82, 2.24) is 0 Å². The first-order valence-electron chi connectivity index (χ1n) is 10.8. The van der Waals surface area contributed by atoms with Gasteiger partial charge in [0, 0.05) is 28.4 Å². The number of carbonyl (C=O) groups is 1. The SMILES string of the molecule is O=C(Nc1ccc(S(=O)(=O)Nc2ccc(F)cc2)cc1)c1ccc(CSCc2ccccc2)cc1. The largest absolute Gasteiger partial charge is 0.322 e. The van der Waals surface area contributed by atoms with Crippen molar-refractivity contribution < 1.29 is 17.6 Å². The van der Waals surface area contributed by atoms with E-state index in [9.17, 15) is 17.6 Å². The van der Waals surface area contributed by atoms with Crippen molar-refractivity contribution in [2.75, 3.05) is 10.0 Å². The zero-order valence-electron chi connectivity index (χ0n) is 18.6. The third-order valence-electron chi connectivity index (χ3n) is 5.12. The standard InChI is InChI=1S/C27H23FN2O3S2/c28-23-10-12-25(13-11-23)30-35(32,33)26-16-14-24(15-17-26)29-27(31)22-8-6-21(7-9-22)19-34-18-20-4-2-1-3-5-20/h1-17,30H,18-19H2,(H,29,31). The maximum atomic E-state index is 13.0. The molecule has 0 unspecified atom stereocenters. The minimum atomic E-state index is -3.84. The summed E-state index contributed by atoms with van der Waals surface area (Å²) in [6.07, 6.45) is 0. The van der Waals surface area contributed by atoms with Crippen LogP contribution in [0.5, 0.6) is 0 Å². The predicted octanol–water partition coefficient (Wildman–Crippen LogP) is 6.31. The topological polar surface area (TPSA) is 75.3 Å². The van der Waals surface area contributed by atoms with Crippen LogP contribution in [0.25, 0.3) is 0 Å². The summed E-state index contributed by atoms with van der Waals surface area (Å²) in [7, 11) is -3.84. The molecule has 0 aromatic heterocycles. The van der Waals surface area contributed by atoms with E-state index in [4.69, 9.17) is 0 Å². The molecule has 2 N–H and O–H groups in total. The summed E-state index contributed by atoms with van der Waals surface area (Å²) in [4.78, 5) is 12.6. The van der Waals surface area contributed by atoms with E-state index in [0.717, 1.165) is 17.1 Å². The molecule has 4 rings (SSSR count). The van der Waals surface area contributed by atoms with Crippen molar-refractivity contribution in [2.24, 2.45) is 0 Å². The number of hydrogen-bond acceptors (Lipinski definition) is 4. The number of anilines is 2. The third kappa shape index (κ3) is 6.94. The van der Waals surface area contributed by atoms with Crippen molar-refractivity contribution in [3.63, 3.8) is 0 Å². The number of thioether (sulfide) groups is 1. The summed E-state index contributed by atoms with van der Waals surface area (Å²) in [5.41, 5.74) is 3.64. The minimum absolute atomic E-state index is 0.0252. The van der Waals surface area contributed by atoms with Gasteiger partial charge in [-0.2, -0.15) is 11.8 Å². The number of amides is 1. The van der Waals surface area contributed by atoms with Crippen molar-refractivity contribution in [2.45, 2.75) is 16.4 Å². The Balaban J connectivity index is 1.31. The normalized spacial score (nSPS) is 11.1. The average Bonchev–Trinajstić information content (AvgIpc) is 2.87. The predicted molar refractivity (Wildman–Crippen MR) is 139 cm³/mol. The quantitative estimate of drug-likeness (QED) is 0.279. The molecule has 0 radical (unpaired) electrons. The van der Waals surface area contributed by atoms with Crippen LogP contribution in [0.1, 0.15) is 21.5 Å². The van der Waals surface area contributed by atoms with Gasteiger partial charge in [0.05, 0.1) is 4.90 Å². The zero-order chi connectivity index (χ0) is 24.7. The molecule has 0 aliphatic heterocycles. The third-order valence-corrected chi connectivity index (χ3v) is 7.59. The van der Waals surface area contributed by atoms with Gasteiger partial charge < -0.3 is 5.32 Å². The molecule has 0 bridgehead atoms. The molecule has 0 aliphatic carbocycles. The fourth-order valence-corrected chi connectivity index (χ4v) is 5.28. The number of rotatable bonds is 9. The van der Waals surface area contributed by atoms with Gasteiger partial charge in [-0.25, -0.2) is 12.8 Å². The van der Waals surface area contributed by atoms with Gasteiger partial charge in [-0.15, -0.1) is 0 Å². The Bertz CT molecular complexity index is 1380. The molecule has 0 saturated heterocycles. The van der Waals surface area contributed by atoms with Crippen LogP contribution >= 0.6 is 11.8 Å². The molecule has 0 fully saturated rings. The Morgan fingerprint density at radius 2 is 1.29 bits per heavy atom. The van der Waals surface area contributed by atoms with E-state index in [1.54, 1.807) is 12.1 Å². The molecule has 0 saturated carbocycles. The second-order valence-corrected chi connectivity index (χ2v) is 10.4. The van der Waals surface area contributed by atoms with Crippen LogP contribution in [0.2, 0.25) is 0 Å². The lowest BCUT2D eigenvalue weighted by atomic mass is 10.1. The van der Waals surface area contributed by atoms with Gasteiger partial charge in [-0.05, 0) is 71.8 Å². The lowest BCUT2D eigenvalue weighted by molar-refractivity contribution is 0.102. The molecule has 178 valence electrons. The highest BCUT2D eigenvalue weighted by Crippen LogP contribution is 2.21. The summed E-state index contributed by atoms with van der Waals surface area (Å²) < 4.78 is 40.5. The second-order valence-electron chi connectivity index (χ2n) is 7.77. The number of hydrogen-bond donors (Lipinski definition) is 2. The number of halogens is 1. The van der Waals surface area contributed by atoms with E-state index in [-0.39, 0.29) is 16.5 Å². The van der Waals surface area contributed by atoms with Crippen LogP contribution in [0, 0.1) is 5.82 Å². The first-order valence-corrected chi connectivity index (χ1v) is 13.4. The highest BCUT2D eigenvalue weighted by atomic mass is 32.2. The van der Waals surface area contributed by atoms with E-state index >= 15 is 0 Å². The van der Waals surface area contributed by atoms with E-state index in [2.05, 4.69) is 22.2 Å². The van der Waals surface area contributed by atoms with Crippen LogP contribution in [0.3, 0.4) is 0 Å². The Morgan fingerprint density at radius 1 is 0.714 bits per heavy atom. The summed E-state index contributed by atoms with van der Waals surface area (Å²) >= 11 is 1.81. The Kier molecular flexibility index (Phi) is 7.84. The highest BCUT2D eigenvalue weighted by Gasteiger charge is 2.15. The van der Waals surface area contributed by atoms with Crippen LogP contribution in [-0.4, -0.2) is 14.3 Å². The second kappa shape index (κ2) is 11.2. The summed E-state index contributed by atoms with van der Waals surface area (Å²) in [6, 6.07) is 28.5. The fourth-order valence-electron chi connectivity index (χ4n) is 3.27. The smallest absolute Gasteiger partial charge is 0.261 e. The Labute approximate surface area is 208 Å². The first-order chi connectivity index (χ1) is 16.9. The van der Waals surface area contributed by atoms with Gasteiger partial charge in [-0.3, -0.25) is 9.52 Å². The molecule has 35 heavy (non-hydrogen) atoms. The zero-order valence-corrected chi connectivity index (χ0v) is 20.3. The number of nitrogens with one attached hydrogen (secondary N) is 2. The fraction of sp³-hybridized carbons (Fsp3) is 0.0741. The van der Waals surface area contributed by atoms with E-state index in [1.807, 2.05) is 42.1 Å². The van der Waals surface area contributed by atoms with Crippen LogP contribution < -0.4 is 10.0 Å². The molecule has 0 atom stereocenters. The summed E-state index contributed by atoms with van der Waals surface area (Å²) in [5, 5.41) is 2.78. The Hall–Kier alpha value is -3.62. The maximum Gasteiger partial charge on any atom is 0.261 e. The molecule has 8 heteroatoms. The first kappa shape index (κ1) is 24.5. The number of sulfonamides is 1. The van der Waals surface area contributed by atoms with Crippen molar-refractivity contribution in [3.05, 3.63) is 126 Å². The molecule has 1 amide bonds. The number of carbonyl (C=O) groups excluding carboxylic acids is 1. The molecule has 0 aliphatic rings. The summed E-state index contributed by atoms with van der Waals surface area (Å²) in [5.74, 6) is 1.03. The molecule has 4 aromatic carbocycles. The van der Waals surface area contributed by atoms with Gasteiger partial charge in [0.25, 0.3) is 15.9 Å². The molecule has 0 heterocycles. The molecular formula is C27H23FN2O3S2. The monoisotopic (exact) mass is 506 g/mol. The van der Waals surface area contributed by atoms with Crippen LogP contribution in [0.15, 0.2) is 108 Å². The van der Waals surface area contributed by atoms with Gasteiger partial charge in [0.15, 0.2) is 0 Å². The van der Waals surface area contributed by atoms with Crippen molar-refractivity contribution in [3.8, 4) is 0 Å². The van der Waals surface area contributed by atoms with Crippen LogP contribution in [0.4, 0.5) is 15.8 Å². The Morgan fingerprint density at radius 3 is 1.91 bits per heavy atom. The maximum absolute atomic E-state index is 13.0. The molecular weight excluding hydrogens is 483 g/mol. The van der Waals surface area contributed by atoms with Gasteiger partial charge in [0.2, 0.25) is 0 Å². The summed E-state index contributed by atoms with van der Waals surface area (Å²) in [6.45, 7) is 0. The minimum Gasteiger partial charge on any atom is -0.322 e. The molecule has 5 nitrogen and oxygen atoms in total. The lowest BCUT2D eigenvalue weighted by Crippen LogP contribution is -2.14. The molecule has 0 spiro atoms. The van der Waals surface area contributed by atoms with E-state index in [0.29, 0.717) is 11.3 Å². The van der Waals surface area contributed by atoms with Gasteiger partial charge in [-0.1, -0.05) is 42.5 Å². The van der Waals surface area contributed by atoms with Crippen molar-refractivity contribution >= 4 is 39.1 Å². The van der Waals surface area contributed by atoms with Gasteiger partial charge >= 0.3 is 0 Å². The number of benzene rings is 4. The van der Waals surface area contributed by atoms with E-state index in [1.165, 1.54) is 54.1 Å². The highest BCUT2D eigenvalue weighted by molar-refractivity contribution is 7.97.